The minimum Gasteiger partial charge on any atom is -0.480 e. The van der Waals surface area contributed by atoms with Crippen molar-refractivity contribution in [3.05, 3.63) is 0 Å². The van der Waals surface area contributed by atoms with Gasteiger partial charge in [-0.25, -0.2) is 0 Å². The first-order valence-corrected chi connectivity index (χ1v) is 5.14. The van der Waals surface area contributed by atoms with Crippen molar-refractivity contribution in [1.29, 1.82) is 0 Å². The zero-order valence-electron chi connectivity index (χ0n) is 6.99. The average molecular weight is 202 g/mol. The van der Waals surface area contributed by atoms with Crippen molar-refractivity contribution < 1.29 is 19.4 Å². The summed E-state index contributed by atoms with van der Waals surface area (Å²) >= 11 is 1.17. The largest absolute Gasteiger partial charge is 0.480 e. The second-order valence-corrected chi connectivity index (χ2v) is 4.83. The number of thioether (sulfide) groups is 1. The van der Waals surface area contributed by atoms with Crippen LogP contribution in [-0.4, -0.2) is 27.2 Å². The highest BCUT2D eigenvalue weighted by Crippen LogP contribution is 2.49. The van der Waals surface area contributed by atoms with Crippen LogP contribution < -0.4 is 0 Å². The van der Waals surface area contributed by atoms with Crippen LogP contribution in [0.2, 0.25) is 0 Å². The molecule has 72 valence electrons. The Morgan fingerprint density at radius 3 is 2.62 bits per heavy atom. The first-order valence-electron chi connectivity index (χ1n) is 4.26. The first kappa shape index (κ1) is 8.87. The highest BCUT2D eigenvalue weighted by molar-refractivity contribution is 8.02. The Labute approximate surface area is 79.6 Å². The lowest BCUT2D eigenvalue weighted by Gasteiger charge is -2.19. The quantitative estimate of drug-likeness (QED) is 0.507. The van der Waals surface area contributed by atoms with Gasteiger partial charge in [-0.1, -0.05) is 11.8 Å². The van der Waals surface area contributed by atoms with Crippen molar-refractivity contribution in [2.75, 3.05) is 0 Å². The molecule has 1 aliphatic carbocycles. The Hall–Kier alpha value is -0.710. The van der Waals surface area contributed by atoms with E-state index in [1.807, 2.05) is 0 Å². The molecule has 2 aliphatic rings. The molecule has 1 aliphatic heterocycles. The Morgan fingerprint density at radius 1 is 1.54 bits per heavy atom. The van der Waals surface area contributed by atoms with Gasteiger partial charge in [0.2, 0.25) is 5.25 Å². The van der Waals surface area contributed by atoms with Crippen LogP contribution in [0.25, 0.3) is 0 Å². The van der Waals surface area contributed by atoms with E-state index in [4.69, 9.17) is 9.84 Å². The lowest BCUT2D eigenvalue weighted by molar-refractivity contribution is -0.152. The van der Waals surface area contributed by atoms with Gasteiger partial charge in [-0.3, -0.25) is 9.59 Å². The molecule has 0 aromatic rings. The third-order valence-electron chi connectivity index (χ3n) is 2.42. The van der Waals surface area contributed by atoms with Gasteiger partial charge in [0.1, 0.15) is 0 Å². The molecule has 2 fully saturated rings. The summed E-state index contributed by atoms with van der Waals surface area (Å²) in [4.78, 5) is 21.3. The molecule has 1 saturated carbocycles. The summed E-state index contributed by atoms with van der Waals surface area (Å²) in [6, 6.07) is 0. The first-order chi connectivity index (χ1) is 6.13. The Bertz CT molecular complexity index is 257. The average Bonchev–Trinajstić information content (AvgIpc) is 2.60. The monoisotopic (exact) mass is 202 g/mol. The zero-order chi connectivity index (χ0) is 9.47. The molecule has 0 amide bonds. The van der Waals surface area contributed by atoms with Crippen LogP contribution >= 0.6 is 11.8 Å². The number of carbonyl (C=O) groups is 2. The predicted octanol–water partition coefficient (Wildman–Crippen LogP) is 1.000. The lowest BCUT2D eigenvalue weighted by Crippen LogP contribution is -2.22. The standard InChI is InChI=1S/C8H10O4S/c9-6(10)5-7(11)12-8(13-5)3-1-2-4-8/h5H,1-4H2,(H,9,10). The summed E-state index contributed by atoms with van der Waals surface area (Å²) in [6.45, 7) is 0. The minimum absolute atomic E-state index is 0.500. The van der Waals surface area contributed by atoms with Crippen molar-refractivity contribution >= 4 is 23.7 Å². The molecule has 4 nitrogen and oxygen atoms in total. The fourth-order valence-electron chi connectivity index (χ4n) is 1.81. The Morgan fingerprint density at radius 2 is 2.15 bits per heavy atom. The number of carboxylic acid groups (broad SMARTS) is 1. The Balaban J connectivity index is 2.14. The molecule has 13 heavy (non-hydrogen) atoms. The van der Waals surface area contributed by atoms with E-state index in [0.29, 0.717) is 0 Å². The van der Waals surface area contributed by atoms with Crippen LogP contribution in [0.3, 0.4) is 0 Å². The molecule has 1 N–H and O–H groups in total. The molecule has 5 heteroatoms. The van der Waals surface area contributed by atoms with Gasteiger partial charge in [0.25, 0.3) is 0 Å². The van der Waals surface area contributed by atoms with E-state index in [0.717, 1.165) is 25.7 Å². The van der Waals surface area contributed by atoms with Gasteiger partial charge < -0.3 is 9.84 Å². The molecule has 2 rings (SSSR count). The molecule has 1 atom stereocenters. The number of aliphatic carboxylic acids is 1. The highest BCUT2D eigenvalue weighted by Gasteiger charge is 2.51. The molecule has 1 unspecified atom stereocenters. The number of ether oxygens (including phenoxy) is 1. The minimum atomic E-state index is -1.08. The number of carbonyl (C=O) groups excluding carboxylic acids is 1. The normalized spacial score (nSPS) is 30.8. The fraction of sp³-hybridized carbons (Fsp3) is 0.750. The highest BCUT2D eigenvalue weighted by atomic mass is 32.2. The van der Waals surface area contributed by atoms with E-state index in [2.05, 4.69) is 0 Å². The van der Waals surface area contributed by atoms with Crippen molar-refractivity contribution in [2.45, 2.75) is 35.9 Å². The van der Waals surface area contributed by atoms with Crippen molar-refractivity contribution in [3.63, 3.8) is 0 Å². The zero-order valence-corrected chi connectivity index (χ0v) is 7.80. The summed E-state index contributed by atoms with van der Waals surface area (Å²) in [5.41, 5.74) is 0. The van der Waals surface area contributed by atoms with Gasteiger partial charge in [-0.2, -0.15) is 0 Å². The van der Waals surface area contributed by atoms with Gasteiger partial charge in [-0.05, 0) is 25.7 Å². The molecular weight excluding hydrogens is 192 g/mol. The second-order valence-electron chi connectivity index (χ2n) is 3.38. The van der Waals surface area contributed by atoms with Gasteiger partial charge in [0, 0.05) is 0 Å². The van der Waals surface area contributed by atoms with E-state index in [-0.39, 0.29) is 0 Å². The molecule has 0 aromatic heterocycles. The fourth-order valence-corrected chi connectivity index (χ4v) is 3.14. The van der Waals surface area contributed by atoms with Crippen molar-refractivity contribution in [1.82, 2.24) is 0 Å². The maximum atomic E-state index is 11.2. The lowest BCUT2D eigenvalue weighted by atomic mass is 10.3. The number of hydrogen-bond acceptors (Lipinski definition) is 4. The summed E-state index contributed by atoms with van der Waals surface area (Å²) < 4.78 is 5.13. The maximum absolute atomic E-state index is 11.2. The van der Waals surface area contributed by atoms with Crippen LogP contribution in [0.5, 0.6) is 0 Å². The third-order valence-corrected chi connectivity index (χ3v) is 3.97. The van der Waals surface area contributed by atoms with Crippen LogP contribution in [0, 0.1) is 0 Å². The second kappa shape index (κ2) is 2.90. The summed E-state index contributed by atoms with van der Waals surface area (Å²) in [7, 11) is 0. The van der Waals surface area contributed by atoms with Crippen LogP contribution in [0.4, 0.5) is 0 Å². The summed E-state index contributed by atoms with van der Waals surface area (Å²) in [5, 5.41) is 7.70. The van der Waals surface area contributed by atoms with Gasteiger partial charge in [-0.15, -0.1) is 0 Å². The molecule has 1 saturated heterocycles. The van der Waals surface area contributed by atoms with Gasteiger partial charge in [0.05, 0.1) is 0 Å². The topological polar surface area (TPSA) is 63.6 Å². The molecule has 1 heterocycles. The molecular formula is C8H10O4S. The van der Waals surface area contributed by atoms with Crippen molar-refractivity contribution in [3.8, 4) is 0 Å². The van der Waals surface area contributed by atoms with Crippen LogP contribution in [-0.2, 0) is 14.3 Å². The molecule has 0 bridgehead atoms. The predicted molar refractivity (Wildman–Crippen MR) is 46.3 cm³/mol. The molecule has 1 spiro atoms. The summed E-state index contributed by atoms with van der Waals surface area (Å²) in [6.07, 6.45) is 3.64. The Kier molecular flexibility index (Phi) is 1.98. The van der Waals surface area contributed by atoms with Crippen molar-refractivity contribution in [2.24, 2.45) is 0 Å². The molecule has 0 aromatic carbocycles. The maximum Gasteiger partial charge on any atom is 0.332 e. The van der Waals surface area contributed by atoms with E-state index in [9.17, 15) is 9.59 Å². The smallest absolute Gasteiger partial charge is 0.332 e. The summed E-state index contributed by atoms with van der Waals surface area (Å²) in [5.74, 6) is -1.67. The number of esters is 1. The number of carboxylic acids is 1. The van der Waals surface area contributed by atoms with Crippen LogP contribution in [0.15, 0.2) is 0 Å². The SMILES string of the molecule is O=C(O)C1SC2(CCCC2)OC1=O. The van der Waals surface area contributed by atoms with Gasteiger partial charge >= 0.3 is 11.9 Å². The van der Waals surface area contributed by atoms with E-state index >= 15 is 0 Å². The van der Waals surface area contributed by atoms with Gasteiger partial charge in [0.15, 0.2) is 4.93 Å². The number of rotatable bonds is 1. The van der Waals surface area contributed by atoms with E-state index in [1.54, 1.807) is 0 Å². The van der Waals surface area contributed by atoms with E-state index in [1.165, 1.54) is 11.8 Å². The van der Waals surface area contributed by atoms with E-state index < -0.39 is 22.1 Å². The number of hydrogen-bond donors (Lipinski definition) is 1. The molecule has 0 radical (unpaired) electrons. The third kappa shape index (κ3) is 1.41. The van der Waals surface area contributed by atoms with Crippen LogP contribution in [0.1, 0.15) is 25.7 Å².